The van der Waals surface area contributed by atoms with E-state index in [0.29, 0.717) is 18.4 Å². The van der Waals surface area contributed by atoms with Crippen molar-refractivity contribution in [3.05, 3.63) is 47.8 Å². The first-order chi connectivity index (χ1) is 21.9. The van der Waals surface area contributed by atoms with E-state index < -0.39 is 70.9 Å². The average molecular weight is 658 g/mol. The van der Waals surface area contributed by atoms with E-state index in [1.165, 1.54) is 36.1 Å². The first-order valence-electron chi connectivity index (χ1n) is 16.0. The van der Waals surface area contributed by atoms with Crippen molar-refractivity contribution >= 4 is 35.5 Å². The van der Waals surface area contributed by atoms with Crippen molar-refractivity contribution in [2.24, 2.45) is 28.9 Å². The summed E-state index contributed by atoms with van der Waals surface area (Å²) in [6, 6.07) is 0.185. The van der Waals surface area contributed by atoms with Crippen LogP contribution < -0.4 is 21.7 Å². The fourth-order valence-corrected chi connectivity index (χ4v) is 5.52. The van der Waals surface area contributed by atoms with Crippen molar-refractivity contribution in [3.63, 3.8) is 0 Å². The normalized spacial score (nSPS) is 19.7. The number of urea groups is 1. The predicted octanol–water partition coefficient (Wildman–Crippen LogP) is 2.74. The summed E-state index contributed by atoms with van der Waals surface area (Å²) in [6.45, 7) is 14.6. The number of ketones is 1. The highest BCUT2D eigenvalue weighted by atomic mass is 19.1. The smallest absolute Gasteiger partial charge is 0.333 e. The summed E-state index contributed by atoms with van der Waals surface area (Å²) in [5, 5.41) is 7.90. The second kappa shape index (κ2) is 15.5. The summed E-state index contributed by atoms with van der Waals surface area (Å²) in [5.74, 6) is -4.02. The topological polar surface area (TPSA) is 177 Å². The van der Waals surface area contributed by atoms with Gasteiger partial charge in [0.1, 0.15) is 30.5 Å². The van der Waals surface area contributed by atoms with Crippen molar-refractivity contribution in [1.29, 1.82) is 0 Å². The Morgan fingerprint density at radius 1 is 1.04 bits per heavy atom. The molecule has 1 aromatic carbocycles. The summed E-state index contributed by atoms with van der Waals surface area (Å²) >= 11 is 0. The van der Waals surface area contributed by atoms with Gasteiger partial charge in [0, 0.05) is 6.54 Å². The number of Topliss-reactive ketones (excluding diaryl/α,β-unsaturated/α-hetero) is 1. The van der Waals surface area contributed by atoms with Gasteiger partial charge in [0.15, 0.2) is 0 Å². The molecule has 5 amide bonds. The van der Waals surface area contributed by atoms with Gasteiger partial charge in [-0.3, -0.25) is 19.2 Å². The summed E-state index contributed by atoms with van der Waals surface area (Å²) in [7, 11) is 0. The molecule has 258 valence electrons. The molecule has 5 atom stereocenters. The molecule has 2 fully saturated rings. The van der Waals surface area contributed by atoms with E-state index in [4.69, 9.17) is 10.5 Å². The summed E-state index contributed by atoms with van der Waals surface area (Å²) < 4.78 is 18.5. The molecule has 1 aliphatic heterocycles. The molecule has 5 N–H and O–H groups in total. The molecule has 1 aromatic rings. The van der Waals surface area contributed by atoms with Gasteiger partial charge in [-0.15, -0.1) is 0 Å². The molecule has 12 nitrogen and oxygen atoms in total. The van der Waals surface area contributed by atoms with Crippen LogP contribution in [-0.2, 0) is 35.3 Å². The van der Waals surface area contributed by atoms with Crippen molar-refractivity contribution in [2.75, 3.05) is 6.54 Å². The van der Waals surface area contributed by atoms with Gasteiger partial charge in [0.25, 0.3) is 5.91 Å². The Hall–Kier alpha value is -4.29. The maximum absolute atomic E-state index is 14.2. The Morgan fingerprint density at radius 2 is 1.66 bits per heavy atom. The van der Waals surface area contributed by atoms with Gasteiger partial charge in [0.2, 0.25) is 17.6 Å². The Labute approximate surface area is 275 Å². The van der Waals surface area contributed by atoms with E-state index in [1.54, 1.807) is 20.8 Å². The van der Waals surface area contributed by atoms with Gasteiger partial charge in [-0.05, 0) is 66.2 Å². The summed E-state index contributed by atoms with van der Waals surface area (Å²) in [4.78, 5) is 79.7. The van der Waals surface area contributed by atoms with E-state index >= 15 is 0 Å². The van der Waals surface area contributed by atoms with E-state index in [2.05, 4.69) is 22.5 Å². The zero-order valence-electron chi connectivity index (χ0n) is 28.1. The molecular formula is C34H48FN5O7. The number of likely N-dealkylation sites (tertiary alicyclic amines) is 1. The lowest BCUT2D eigenvalue weighted by molar-refractivity contribution is -0.146. The van der Waals surface area contributed by atoms with E-state index in [1.807, 2.05) is 13.8 Å². The second-order valence-corrected chi connectivity index (χ2v) is 14.1. The molecule has 47 heavy (non-hydrogen) atoms. The Kier molecular flexibility index (Phi) is 12.3. The van der Waals surface area contributed by atoms with E-state index in [9.17, 15) is 33.2 Å². The number of carbonyl (C=O) groups is 6. The van der Waals surface area contributed by atoms with Crippen molar-refractivity contribution in [2.45, 2.75) is 98.0 Å². The molecule has 1 saturated carbocycles. The summed E-state index contributed by atoms with van der Waals surface area (Å²) in [6.07, 6.45) is 2.41. The number of nitrogens with two attached hydrogens (primary N) is 1. The number of nitrogens with zero attached hydrogens (tertiary/aromatic N) is 1. The fourth-order valence-electron chi connectivity index (χ4n) is 5.52. The number of amides is 5. The Balaban J connectivity index is 1.76. The number of primary amides is 1. The van der Waals surface area contributed by atoms with Gasteiger partial charge in [-0.25, -0.2) is 14.0 Å². The highest BCUT2D eigenvalue weighted by Gasteiger charge is 2.46. The number of carbonyl (C=O) groups excluding carboxylic acids is 6. The molecule has 3 rings (SSSR count). The largest absolute Gasteiger partial charge is 0.459 e. The zero-order chi connectivity index (χ0) is 35.2. The number of rotatable bonds is 14. The minimum Gasteiger partial charge on any atom is -0.459 e. The third-order valence-corrected chi connectivity index (χ3v) is 8.69. The Bertz CT molecular complexity index is 1370. The van der Waals surface area contributed by atoms with Crippen LogP contribution in [0.2, 0.25) is 0 Å². The molecule has 1 saturated heterocycles. The first-order valence-corrected chi connectivity index (χ1v) is 16.0. The van der Waals surface area contributed by atoms with Crippen LogP contribution in [0.15, 0.2) is 36.4 Å². The number of hydrogen-bond acceptors (Lipinski definition) is 7. The molecule has 1 aliphatic carbocycles. The Morgan fingerprint density at radius 3 is 2.17 bits per heavy atom. The highest BCUT2D eigenvalue weighted by Crippen LogP contribution is 2.35. The number of nitrogens with one attached hydrogen (secondary N) is 3. The average Bonchev–Trinajstić information content (AvgIpc) is 3.69. The molecule has 0 radical (unpaired) electrons. The number of halogens is 1. The van der Waals surface area contributed by atoms with Crippen molar-refractivity contribution in [3.8, 4) is 0 Å². The molecule has 1 heterocycles. The van der Waals surface area contributed by atoms with Gasteiger partial charge in [0.05, 0.1) is 6.04 Å². The number of hydrogen-bond donors (Lipinski definition) is 4. The lowest BCUT2D eigenvalue weighted by atomic mass is 9.85. The lowest BCUT2D eigenvalue weighted by Crippen LogP contribution is -2.61. The second-order valence-electron chi connectivity index (χ2n) is 14.1. The summed E-state index contributed by atoms with van der Waals surface area (Å²) in [5.41, 5.74) is 5.26. The van der Waals surface area contributed by atoms with Crippen LogP contribution in [0.1, 0.15) is 72.8 Å². The van der Waals surface area contributed by atoms with Crippen LogP contribution in [0.5, 0.6) is 0 Å². The van der Waals surface area contributed by atoms with Crippen LogP contribution in [0.4, 0.5) is 9.18 Å². The van der Waals surface area contributed by atoms with Gasteiger partial charge < -0.3 is 31.3 Å². The van der Waals surface area contributed by atoms with Crippen LogP contribution in [0.3, 0.4) is 0 Å². The molecule has 2 aliphatic rings. The van der Waals surface area contributed by atoms with Crippen LogP contribution in [0.25, 0.3) is 0 Å². The molecule has 1 unspecified atom stereocenters. The monoisotopic (exact) mass is 657 g/mol. The third kappa shape index (κ3) is 10.4. The minimum absolute atomic E-state index is 0.0402. The maximum Gasteiger partial charge on any atom is 0.333 e. The van der Waals surface area contributed by atoms with Crippen LogP contribution in [0, 0.1) is 29.0 Å². The van der Waals surface area contributed by atoms with Gasteiger partial charge in [-0.2, -0.15) is 0 Å². The van der Waals surface area contributed by atoms with Crippen molar-refractivity contribution in [1.82, 2.24) is 20.9 Å². The zero-order valence-corrected chi connectivity index (χ0v) is 28.1. The highest BCUT2D eigenvalue weighted by molar-refractivity contribution is 6.37. The van der Waals surface area contributed by atoms with Crippen LogP contribution >= 0.6 is 0 Å². The number of benzene rings is 1. The standard InChI is InChI=1S/C34H48FN5O7/c1-18(2)22-15-25(30(43)37-24(14-20-8-9-20)27(41)29(36)42)40(16-22)31(44)28(34(5,6)7)39-33(46)38-26(19(3)4)32(45)47-17-21-10-12-23(35)13-11-21/h10-13,18,20,22,24-26,28H,3,8-9,14-17H2,1-2,4-7H3,(H2,36,42)(H,37,43)(H2,38,39,46)/t22-,24?,25+,26+,28-/m1/s1. The van der Waals surface area contributed by atoms with Crippen LogP contribution in [-0.4, -0.2) is 71.1 Å². The lowest BCUT2D eigenvalue weighted by Gasteiger charge is -2.36. The third-order valence-electron chi connectivity index (χ3n) is 8.69. The minimum atomic E-state index is -1.24. The molecule has 13 heteroatoms. The maximum atomic E-state index is 14.2. The SMILES string of the molecule is C=C(C)[C@H](NC(=O)N[C@H](C(=O)N1C[C@H](C(C)C)C[C@H]1C(=O)NC(CC1CC1)C(=O)C(N)=O)C(C)(C)C)C(=O)OCc1ccc(F)cc1. The number of esters is 1. The van der Waals surface area contributed by atoms with E-state index in [-0.39, 0.29) is 36.5 Å². The fraction of sp³-hybridized carbons (Fsp3) is 0.588. The molecular weight excluding hydrogens is 609 g/mol. The molecule has 0 spiro atoms. The van der Waals surface area contributed by atoms with E-state index in [0.717, 1.165) is 12.8 Å². The number of ether oxygens (including phenoxy) is 1. The predicted molar refractivity (Wildman–Crippen MR) is 172 cm³/mol. The molecule has 0 aromatic heterocycles. The first kappa shape index (κ1) is 37.2. The van der Waals surface area contributed by atoms with Crippen molar-refractivity contribution < 1.29 is 37.9 Å². The van der Waals surface area contributed by atoms with Gasteiger partial charge >= 0.3 is 12.0 Å². The van der Waals surface area contributed by atoms with Gasteiger partial charge in [-0.1, -0.05) is 66.2 Å². The molecule has 0 bridgehead atoms. The quantitative estimate of drug-likeness (QED) is 0.135.